The SMILES string of the molecule is C=CCNc1nc(C)cc(NCc2ccccc2OC)n1. The van der Waals surface area contributed by atoms with Crippen molar-refractivity contribution in [1.29, 1.82) is 0 Å². The van der Waals surface area contributed by atoms with Crippen molar-refractivity contribution in [3.8, 4) is 5.75 Å². The second-order valence-corrected chi connectivity index (χ2v) is 4.55. The normalized spacial score (nSPS) is 10.0. The second-order valence-electron chi connectivity index (χ2n) is 4.55. The number of benzene rings is 1. The van der Waals surface area contributed by atoms with Crippen LogP contribution in [-0.4, -0.2) is 23.6 Å². The van der Waals surface area contributed by atoms with Gasteiger partial charge >= 0.3 is 0 Å². The summed E-state index contributed by atoms with van der Waals surface area (Å²) in [6, 6.07) is 9.82. The predicted molar refractivity (Wildman–Crippen MR) is 85.8 cm³/mol. The smallest absolute Gasteiger partial charge is 0.225 e. The van der Waals surface area contributed by atoms with Gasteiger partial charge < -0.3 is 15.4 Å². The van der Waals surface area contributed by atoms with Crippen molar-refractivity contribution in [2.75, 3.05) is 24.3 Å². The van der Waals surface area contributed by atoms with Crippen molar-refractivity contribution in [2.45, 2.75) is 13.5 Å². The maximum atomic E-state index is 5.34. The molecule has 1 aromatic heterocycles. The molecule has 0 unspecified atom stereocenters. The lowest BCUT2D eigenvalue weighted by molar-refractivity contribution is 0.410. The van der Waals surface area contributed by atoms with Crippen LogP contribution in [0.3, 0.4) is 0 Å². The molecule has 0 aliphatic carbocycles. The van der Waals surface area contributed by atoms with Crippen LogP contribution in [0.5, 0.6) is 5.75 Å². The molecule has 0 amide bonds. The number of nitrogens with one attached hydrogen (secondary N) is 2. The molecule has 21 heavy (non-hydrogen) atoms. The first-order valence-corrected chi connectivity index (χ1v) is 6.79. The Morgan fingerprint density at radius 2 is 2.05 bits per heavy atom. The minimum absolute atomic E-state index is 0.595. The number of rotatable bonds is 7. The third-order valence-electron chi connectivity index (χ3n) is 2.91. The summed E-state index contributed by atoms with van der Waals surface area (Å²) in [6.07, 6.45) is 1.77. The molecule has 0 aliphatic heterocycles. The maximum absolute atomic E-state index is 5.34. The molecule has 0 fully saturated rings. The third-order valence-corrected chi connectivity index (χ3v) is 2.91. The van der Waals surface area contributed by atoms with E-state index in [4.69, 9.17) is 4.74 Å². The average molecular weight is 284 g/mol. The Labute approximate surface area is 125 Å². The number of methoxy groups -OCH3 is 1. The van der Waals surface area contributed by atoms with E-state index in [0.29, 0.717) is 19.0 Å². The van der Waals surface area contributed by atoms with E-state index in [-0.39, 0.29) is 0 Å². The molecule has 0 saturated carbocycles. The van der Waals surface area contributed by atoms with Crippen LogP contribution in [0.2, 0.25) is 0 Å². The van der Waals surface area contributed by atoms with Crippen molar-refractivity contribution in [3.63, 3.8) is 0 Å². The number of hydrogen-bond acceptors (Lipinski definition) is 5. The first kappa shape index (κ1) is 14.8. The first-order chi connectivity index (χ1) is 10.2. The molecule has 0 atom stereocenters. The van der Waals surface area contributed by atoms with Crippen molar-refractivity contribution < 1.29 is 4.74 Å². The zero-order valence-electron chi connectivity index (χ0n) is 12.4. The van der Waals surface area contributed by atoms with Crippen LogP contribution in [0.25, 0.3) is 0 Å². The van der Waals surface area contributed by atoms with E-state index in [0.717, 1.165) is 22.8 Å². The zero-order chi connectivity index (χ0) is 15.1. The Bertz CT molecular complexity index is 613. The topological polar surface area (TPSA) is 59.1 Å². The summed E-state index contributed by atoms with van der Waals surface area (Å²) < 4.78 is 5.34. The van der Waals surface area contributed by atoms with Crippen LogP contribution in [0.4, 0.5) is 11.8 Å². The molecule has 2 aromatic rings. The number of hydrogen-bond donors (Lipinski definition) is 2. The molecule has 5 heteroatoms. The van der Waals surface area contributed by atoms with Crippen LogP contribution in [0, 0.1) is 6.92 Å². The monoisotopic (exact) mass is 284 g/mol. The van der Waals surface area contributed by atoms with Crippen LogP contribution in [0.1, 0.15) is 11.3 Å². The van der Waals surface area contributed by atoms with E-state index < -0.39 is 0 Å². The minimum Gasteiger partial charge on any atom is -0.496 e. The number of aromatic nitrogens is 2. The molecular weight excluding hydrogens is 264 g/mol. The molecule has 1 aromatic carbocycles. The van der Waals surface area contributed by atoms with Crippen molar-refractivity contribution in [3.05, 3.63) is 54.2 Å². The summed E-state index contributed by atoms with van der Waals surface area (Å²) in [5.41, 5.74) is 1.98. The van der Waals surface area contributed by atoms with Crippen LogP contribution in [0.15, 0.2) is 43.0 Å². The summed E-state index contributed by atoms with van der Waals surface area (Å²) in [7, 11) is 1.67. The molecule has 0 radical (unpaired) electrons. The Morgan fingerprint density at radius 3 is 2.81 bits per heavy atom. The van der Waals surface area contributed by atoms with E-state index in [1.807, 2.05) is 37.3 Å². The van der Waals surface area contributed by atoms with E-state index in [2.05, 4.69) is 27.2 Å². The average Bonchev–Trinajstić information content (AvgIpc) is 2.50. The molecule has 110 valence electrons. The van der Waals surface area contributed by atoms with Crippen molar-refractivity contribution in [2.24, 2.45) is 0 Å². The summed E-state index contributed by atoms with van der Waals surface area (Å²) in [5.74, 6) is 2.23. The molecule has 1 heterocycles. The molecule has 5 nitrogen and oxygen atoms in total. The third kappa shape index (κ3) is 4.21. The van der Waals surface area contributed by atoms with Gasteiger partial charge in [0.15, 0.2) is 0 Å². The number of anilines is 2. The van der Waals surface area contributed by atoms with Crippen molar-refractivity contribution in [1.82, 2.24) is 9.97 Å². The molecule has 2 rings (SSSR count). The van der Waals surface area contributed by atoms with Gasteiger partial charge in [0.05, 0.1) is 7.11 Å². The first-order valence-electron chi connectivity index (χ1n) is 6.79. The Morgan fingerprint density at radius 1 is 1.24 bits per heavy atom. The number of para-hydroxylation sites is 1. The van der Waals surface area contributed by atoms with Gasteiger partial charge in [0.25, 0.3) is 0 Å². The highest BCUT2D eigenvalue weighted by molar-refractivity contribution is 5.44. The van der Waals surface area contributed by atoms with Gasteiger partial charge in [-0.2, -0.15) is 4.98 Å². The van der Waals surface area contributed by atoms with Crippen molar-refractivity contribution >= 4 is 11.8 Å². The van der Waals surface area contributed by atoms with Crippen LogP contribution in [-0.2, 0) is 6.54 Å². The molecule has 0 spiro atoms. The molecule has 2 N–H and O–H groups in total. The quantitative estimate of drug-likeness (QED) is 0.765. The van der Waals surface area contributed by atoms with Gasteiger partial charge in [-0.05, 0) is 13.0 Å². The summed E-state index contributed by atoms with van der Waals surface area (Å²) in [5, 5.41) is 6.39. The Hall–Kier alpha value is -2.56. The molecule has 0 bridgehead atoms. The van der Waals surface area contributed by atoms with E-state index in [1.54, 1.807) is 13.2 Å². The lowest BCUT2D eigenvalue weighted by Crippen LogP contribution is -2.08. The Kier molecular flexibility index (Phi) is 5.15. The van der Waals surface area contributed by atoms with Gasteiger partial charge in [-0.25, -0.2) is 4.98 Å². The van der Waals surface area contributed by atoms with Crippen LogP contribution < -0.4 is 15.4 Å². The summed E-state index contributed by atoms with van der Waals surface area (Å²) in [4.78, 5) is 8.75. The number of nitrogens with zero attached hydrogens (tertiary/aromatic N) is 2. The lowest BCUT2D eigenvalue weighted by atomic mass is 10.2. The zero-order valence-corrected chi connectivity index (χ0v) is 12.4. The van der Waals surface area contributed by atoms with Crippen LogP contribution >= 0.6 is 0 Å². The van der Waals surface area contributed by atoms with Gasteiger partial charge in [0.2, 0.25) is 5.95 Å². The van der Waals surface area contributed by atoms with Gasteiger partial charge in [0.1, 0.15) is 11.6 Å². The fraction of sp³-hybridized carbons (Fsp3) is 0.250. The highest BCUT2D eigenvalue weighted by Gasteiger charge is 2.04. The highest BCUT2D eigenvalue weighted by Crippen LogP contribution is 2.19. The molecule has 0 saturated heterocycles. The van der Waals surface area contributed by atoms with Gasteiger partial charge in [0, 0.05) is 30.4 Å². The van der Waals surface area contributed by atoms with Gasteiger partial charge in [-0.15, -0.1) is 6.58 Å². The van der Waals surface area contributed by atoms with E-state index >= 15 is 0 Å². The molecular formula is C16H20N4O. The van der Waals surface area contributed by atoms with Gasteiger partial charge in [-0.1, -0.05) is 24.3 Å². The molecule has 0 aliphatic rings. The fourth-order valence-electron chi connectivity index (χ4n) is 1.94. The summed E-state index contributed by atoms with van der Waals surface area (Å²) in [6.45, 7) is 6.88. The lowest BCUT2D eigenvalue weighted by Gasteiger charge is -2.11. The second kappa shape index (κ2) is 7.28. The maximum Gasteiger partial charge on any atom is 0.225 e. The van der Waals surface area contributed by atoms with Gasteiger partial charge in [-0.3, -0.25) is 0 Å². The standard InChI is InChI=1S/C16H20N4O/c1-4-9-17-16-19-12(2)10-15(20-16)18-11-13-7-5-6-8-14(13)21-3/h4-8,10H,1,9,11H2,2-3H3,(H2,17,18,19,20). The number of ether oxygens (including phenoxy) is 1. The summed E-state index contributed by atoms with van der Waals surface area (Å²) >= 11 is 0. The largest absolute Gasteiger partial charge is 0.496 e. The Balaban J connectivity index is 2.08. The highest BCUT2D eigenvalue weighted by atomic mass is 16.5. The number of aryl methyl sites for hydroxylation is 1. The van der Waals surface area contributed by atoms with E-state index in [9.17, 15) is 0 Å². The predicted octanol–water partition coefficient (Wildman–Crippen LogP) is 3.00. The van der Waals surface area contributed by atoms with E-state index in [1.165, 1.54) is 0 Å². The fourth-order valence-corrected chi connectivity index (χ4v) is 1.94. The minimum atomic E-state index is 0.595.